The zero-order valence-corrected chi connectivity index (χ0v) is 11.7. The number of carboxylic acid groups (broad SMARTS) is 1. The number of nitrogens with zero attached hydrogens (tertiary/aromatic N) is 1. The Kier molecular flexibility index (Phi) is 3.54. The minimum Gasteiger partial charge on any atom is -0.476 e. The number of aromatic nitrogens is 1. The summed E-state index contributed by atoms with van der Waals surface area (Å²) in [6.45, 7) is 1.35. The van der Waals surface area contributed by atoms with Crippen LogP contribution in [0.3, 0.4) is 0 Å². The lowest BCUT2D eigenvalue weighted by molar-refractivity contribution is -0.140. The zero-order chi connectivity index (χ0) is 16.9. The van der Waals surface area contributed by atoms with Gasteiger partial charge in [0.25, 0.3) is 17.6 Å². The molecule has 1 aliphatic rings. The molecule has 0 bridgehead atoms. The Labute approximate surface area is 122 Å². The number of hydrogen-bond acceptors (Lipinski definition) is 3. The van der Waals surface area contributed by atoms with E-state index in [9.17, 15) is 27.6 Å². The second-order valence-electron chi connectivity index (χ2n) is 5.67. The summed E-state index contributed by atoms with van der Waals surface area (Å²) in [6, 6.07) is 0. The van der Waals surface area contributed by atoms with Crippen molar-refractivity contribution >= 4 is 17.7 Å². The Bertz CT molecular complexity index is 673. The molecule has 6 nitrogen and oxygen atoms in total. The second kappa shape index (κ2) is 4.85. The monoisotopic (exact) mass is 318 g/mol. The highest BCUT2D eigenvalue weighted by atomic mass is 19.3. The molecule has 0 unspecified atom stereocenters. The Balaban J connectivity index is 2.17. The third-order valence-electron chi connectivity index (χ3n) is 3.49. The second-order valence-corrected chi connectivity index (χ2v) is 5.67. The van der Waals surface area contributed by atoms with E-state index in [-0.39, 0.29) is 0 Å². The van der Waals surface area contributed by atoms with Gasteiger partial charge in [-0.05, 0) is 6.92 Å². The van der Waals surface area contributed by atoms with Crippen LogP contribution in [0.25, 0.3) is 0 Å². The summed E-state index contributed by atoms with van der Waals surface area (Å²) < 4.78 is 40.4. The van der Waals surface area contributed by atoms with Crippen LogP contribution in [0.2, 0.25) is 0 Å². The lowest BCUT2D eigenvalue weighted by atomic mass is 9.75. The summed E-state index contributed by atoms with van der Waals surface area (Å²) in [5.41, 5.74) is -2.72. The number of carboxylic acids is 1. The van der Waals surface area contributed by atoms with E-state index in [1.807, 2.05) is 0 Å². The van der Waals surface area contributed by atoms with E-state index in [1.165, 1.54) is 14.0 Å². The van der Waals surface area contributed by atoms with Gasteiger partial charge in [0.1, 0.15) is 0 Å². The molecule has 0 atom stereocenters. The van der Waals surface area contributed by atoms with Crippen LogP contribution in [-0.4, -0.2) is 38.8 Å². The number of rotatable bonds is 4. The highest BCUT2D eigenvalue weighted by Gasteiger charge is 2.54. The zero-order valence-electron chi connectivity index (χ0n) is 11.7. The molecule has 1 aromatic heterocycles. The summed E-state index contributed by atoms with van der Waals surface area (Å²) in [5.74, 6) is -8.39. The van der Waals surface area contributed by atoms with Crippen LogP contribution in [0.15, 0.2) is 6.20 Å². The Hall–Kier alpha value is -2.32. The predicted octanol–water partition coefficient (Wildman–Crippen LogP) is 1.35. The van der Waals surface area contributed by atoms with Crippen molar-refractivity contribution < 1.29 is 32.7 Å². The maximum Gasteiger partial charge on any atom is 0.355 e. The van der Waals surface area contributed by atoms with Crippen molar-refractivity contribution in [3.05, 3.63) is 23.3 Å². The van der Waals surface area contributed by atoms with E-state index >= 15 is 0 Å². The molecule has 0 spiro atoms. The molecule has 0 saturated heterocycles. The highest BCUT2D eigenvalue weighted by molar-refractivity contribution is 6.43. The first-order chi connectivity index (χ1) is 9.96. The largest absolute Gasteiger partial charge is 0.476 e. The summed E-state index contributed by atoms with van der Waals surface area (Å²) in [7, 11) is 1.20. The average Bonchev–Trinajstić information content (AvgIpc) is 2.60. The highest BCUT2D eigenvalue weighted by Crippen LogP contribution is 2.45. The fourth-order valence-corrected chi connectivity index (χ4v) is 2.63. The topological polar surface area (TPSA) is 88.4 Å². The van der Waals surface area contributed by atoms with Crippen LogP contribution < -0.4 is 5.32 Å². The summed E-state index contributed by atoms with van der Waals surface area (Å²) in [4.78, 5) is 34.5. The van der Waals surface area contributed by atoms with Crippen LogP contribution in [0, 0.1) is 5.82 Å². The van der Waals surface area contributed by atoms with Gasteiger partial charge in [0.05, 0.1) is 5.56 Å². The van der Waals surface area contributed by atoms with E-state index in [1.54, 1.807) is 0 Å². The summed E-state index contributed by atoms with van der Waals surface area (Å²) in [6.07, 6.45) is -0.355. The van der Waals surface area contributed by atoms with Crippen LogP contribution in [0.4, 0.5) is 13.2 Å². The lowest BCUT2D eigenvalue weighted by Gasteiger charge is -2.44. The van der Waals surface area contributed by atoms with Crippen LogP contribution in [0.1, 0.15) is 40.6 Å². The first-order valence-electron chi connectivity index (χ1n) is 6.28. The van der Waals surface area contributed by atoms with Gasteiger partial charge in [0, 0.05) is 31.6 Å². The normalized spacial score (nSPS) is 18.4. The van der Waals surface area contributed by atoms with Crippen molar-refractivity contribution in [2.75, 3.05) is 0 Å². The Morgan fingerprint density at radius 2 is 1.86 bits per heavy atom. The fraction of sp³-hybridized carbons (Fsp3) is 0.462. The third kappa shape index (κ3) is 2.70. The molecule has 1 amide bonds. The Morgan fingerprint density at radius 1 is 1.32 bits per heavy atom. The van der Waals surface area contributed by atoms with Crippen molar-refractivity contribution in [1.29, 1.82) is 0 Å². The number of ketones is 1. The van der Waals surface area contributed by atoms with Gasteiger partial charge in [0.15, 0.2) is 11.5 Å². The molecule has 120 valence electrons. The smallest absolute Gasteiger partial charge is 0.355 e. The molecule has 0 radical (unpaired) electrons. The predicted molar refractivity (Wildman–Crippen MR) is 67.4 cm³/mol. The van der Waals surface area contributed by atoms with Crippen LogP contribution in [-0.2, 0) is 11.8 Å². The molecular formula is C13H13F3N2O4. The van der Waals surface area contributed by atoms with Crippen molar-refractivity contribution in [2.45, 2.75) is 31.2 Å². The lowest BCUT2D eigenvalue weighted by Crippen LogP contribution is -2.61. The molecule has 2 rings (SSSR count). The summed E-state index contributed by atoms with van der Waals surface area (Å²) >= 11 is 0. The number of carbonyl (C=O) groups excluding carboxylic acids is 2. The number of carbonyl (C=O) groups is 3. The first-order valence-corrected chi connectivity index (χ1v) is 6.28. The van der Waals surface area contributed by atoms with Gasteiger partial charge in [0.2, 0.25) is 0 Å². The van der Waals surface area contributed by atoms with Gasteiger partial charge in [-0.3, -0.25) is 9.59 Å². The standard InChI is InChI=1S/C13H13F3N2O4/c1-12(4-13(15,16)5-12)17-10(20)9(19)6-3-18(2)8(7(6)14)11(21)22/h3H,4-5H2,1-2H3,(H,17,20)(H,21,22). The van der Waals surface area contributed by atoms with Gasteiger partial charge in [-0.25, -0.2) is 18.0 Å². The molecule has 1 heterocycles. The average molecular weight is 318 g/mol. The maximum atomic E-state index is 13.9. The molecule has 22 heavy (non-hydrogen) atoms. The summed E-state index contributed by atoms with van der Waals surface area (Å²) in [5, 5.41) is 11.0. The molecule has 1 aliphatic carbocycles. The number of amides is 1. The van der Waals surface area contributed by atoms with Crippen LogP contribution >= 0.6 is 0 Å². The van der Waals surface area contributed by atoms with E-state index in [4.69, 9.17) is 5.11 Å². The molecule has 2 N–H and O–H groups in total. The van der Waals surface area contributed by atoms with E-state index in [0.717, 1.165) is 10.8 Å². The number of aryl methyl sites for hydroxylation is 1. The van der Waals surface area contributed by atoms with Gasteiger partial charge in [-0.15, -0.1) is 0 Å². The number of alkyl halides is 2. The number of Topliss-reactive ketones (excluding diaryl/α,β-unsaturated/α-hetero) is 1. The van der Waals surface area contributed by atoms with Crippen molar-refractivity contribution in [3.8, 4) is 0 Å². The third-order valence-corrected chi connectivity index (χ3v) is 3.49. The number of nitrogens with one attached hydrogen (secondary N) is 1. The van der Waals surface area contributed by atoms with Gasteiger partial charge in [-0.1, -0.05) is 0 Å². The Morgan fingerprint density at radius 3 is 2.27 bits per heavy atom. The fourth-order valence-electron chi connectivity index (χ4n) is 2.63. The molecular weight excluding hydrogens is 305 g/mol. The van der Waals surface area contributed by atoms with E-state index < -0.39 is 59.0 Å². The molecule has 1 fully saturated rings. The molecule has 1 aromatic rings. The van der Waals surface area contributed by atoms with Gasteiger partial charge in [-0.2, -0.15) is 0 Å². The van der Waals surface area contributed by atoms with Crippen LogP contribution in [0.5, 0.6) is 0 Å². The molecule has 1 saturated carbocycles. The molecule has 9 heteroatoms. The van der Waals surface area contributed by atoms with E-state index in [0.29, 0.717) is 0 Å². The quantitative estimate of drug-likeness (QED) is 0.648. The number of aromatic carboxylic acids is 1. The SMILES string of the molecule is Cn1cc(C(=O)C(=O)NC2(C)CC(F)(F)C2)c(F)c1C(=O)O. The van der Waals surface area contributed by atoms with E-state index in [2.05, 4.69) is 5.32 Å². The van der Waals surface area contributed by atoms with Crippen molar-refractivity contribution in [3.63, 3.8) is 0 Å². The molecule has 0 aliphatic heterocycles. The van der Waals surface area contributed by atoms with Gasteiger partial charge >= 0.3 is 5.97 Å². The number of hydrogen-bond donors (Lipinski definition) is 2. The maximum absolute atomic E-state index is 13.9. The first kappa shape index (κ1) is 16.1. The van der Waals surface area contributed by atoms with Gasteiger partial charge < -0.3 is 15.0 Å². The van der Waals surface area contributed by atoms with Crippen molar-refractivity contribution in [1.82, 2.24) is 9.88 Å². The number of halogens is 3. The minimum absolute atomic E-state index is 0.614. The molecule has 0 aromatic carbocycles. The van der Waals surface area contributed by atoms with Crippen molar-refractivity contribution in [2.24, 2.45) is 7.05 Å². The minimum atomic E-state index is -2.90.